The molecule has 17 heavy (non-hydrogen) atoms. The fourth-order valence-corrected chi connectivity index (χ4v) is 4.27. The van der Waals surface area contributed by atoms with E-state index < -0.39 is 0 Å². The summed E-state index contributed by atoms with van der Waals surface area (Å²) in [7, 11) is 0. The molecule has 1 aromatic heterocycles. The lowest BCUT2D eigenvalue weighted by Crippen LogP contribution is -2.34. The van der Waals surface area contributed by atoms with E-state index in [1.807, 2.05) is 6.07 Å². The van der Waals surface area contributed by atoms with Crippen LogP contribution in [0, 0.1) is 5.41 Å². The lowest BCUT2D eigenvalue weighted by Gasteiger charge is -2.29. The zero-order valence-electron chi connectivity index (χ0n) is 10.2. The minimum absolute atomic E-state index is 0.525. The van der Waals surface area contributed by atoms with Crippen LogP contribution in [0.25, 0.3) is 0 Å². The molecule has 1 heterocycles. The molecule has 0 radical (unpaired) electrons. The van der Waals surface area contributed by atoms with Crippen molar-refractivity contribution < 1.29 is 0 Å². The Labute approximate surface area is 113 Å². The fraction of sp³-hybridized carbons (Fsp3) is 0.714. The van der Waals surface area contributed by atoms with Crippen molar-refractivity contribution in [1.82, 2.24) is 5.32 Å². The van der Waals surface area contributed by atoms with Crippen LogP contribution in [0.1, 0.15) is 43.4 Å². The number of thiophene rings is 1. The molecule has 0 bridgehead atoms. The summed E-state index contributed by atoms with van der Waals surface area (Å²) in [4.78, 5) is 1.47. The quantitative estimate of drug-likeness (QED) is 0.842. The maximum atomic E-state index is 6.03. The van der Waals surface area contributed by atoms with Crippen molar-refractivity contribution in [3.8, 4) is 0 Å². The van der Waals surface area contributed by atoms with Crippen molar-refractivity contribution in [1.29, 1.82) is 0 Å². The van der Waals surface area contributed by atoms with Gasteiger partial charge in [0.15, 0.2) is 0 Å². The zero-order chi connectivity index (χ0) is 11.7. The zero-order valence-corrected chi connectivity index (χ0v) is 11.7. The molecule has 0 amide bonds. The van der Waals surface area contributed by atoms with Crippen LogP contribution < -0.4 is 5.32 Å². The number of rotatable bonds is 5. The molecule has 0 atom stereocenters. The lowest BCUT2D eigenvalue weighted by atomic mass is 9.82. The topological polar surface area (TPSA) is 12.0 Å². The van der Waals surface area contributed by atoms with Crippen LogP contribution in [-0.2, 0) is 6.42 Å². The third kappa shape index (κ3) is 3.04. The molecular formula is C14H20ClNS. The average Bonchev–Trinajstić information content (AvgIpc) is 2.90. The predicted molar refractivity (Wildman–Crippen MR) is 75.0 cm³/mol. The maximum Gasteiger partial charge on any atom is 0.0931 e. The first-order chi connectivity index (χ1) is 8.26. The Morgan fingerprint density at radius 2 is 2.06 bits per heavy atom. The molecule has 94 valence electrons. The summed E-state index contributed by atoms with van der Waals surface area (Å²) >= 11 is 7.79. The first-order valence-corrected chi connectivity index (χ1v) is 7.93. The Morgan fingerprint density at radius 3 is 2.65 bits per heavy atom. The molecule has 1 aromatic rings. The van der Waals surface area contributed by atoms with Crippen LogP contribution in [0.5, 0.6) is 0 Å². The molecule has 0 aromatic carbocycles. The summed E-state index contributed by atoms with van der Waals surface area (Å²) in [6.07, 6.45) is 9.60. The van der Waals surface area contributed by atoms with E-state index in [1.165, 1.54) is 56.4 Å². The van der Waals surface area contributed by atoms with E-state index in [-0.39, 0.29) is 0 Å². The summed E-state index contributed by atoms with van der Waals surface area (Å²) in [5, 5.41) is 3.74. The largest absolute Gasteiger partial charge is 0.313 e. The molecule has 0 spiro atoms. The molecule has 0 aliphatic heterocycles. The van der Waals surface area contributed by atoms with Crippen molar-refractivity contribution in [3.05, 3.63) is 21.3 Å². The second-order valence-corrected chi connectivity index (χ2v) is 7.54. The highest BCUT2D eigenvalue weighted by atomic mass is 35.5. The van der Waals surface area contributed by atoms with Gasteiger partial charge in [-0.25, -0.2) is 0 Å². The summed E-state index contributed by atoms with van der Waals surface area (Å²) in [6.45, 7) is 1.22. The van der Waals surface area contributed by atoms with Crippen LogP contribution in [-0.4, -0.2) is 12.6 Å². The highest BCUT2D eigenvalue weighted by Crippen LogP contribution is 2.42. The van der Waals surface area contributed by atoms with Gasteiger partial charge in [0.2, 0.25) is 0 Å². The molecule has 2 saturated carbocycles. The van der Waals surface area contributed by atoms with E-state index in [0.717, 1.165) is 10.4 Å². The van der Waals surface area contributed by atoms with Crippen LogP contribution in [0.15, 0.2) is 12.1 Å². The minimum Gasteiger partial charge on any atom is -0.313 e. The van der Waals surface area contributed by atoms with Crippen LogP contribution in [0.2, 0.25) is 4.34 Å². The summed E-state index contributed by atoms with van der Waals surface area (Å²) in [5.74, 6) is 0. The van der Waals surface area contributed by atoms with Crippen LogP contribution in [0.4, 0.5) is 0 Å². The predicted octanol–water partition coefficient (Wildman–Crippen LogP) is 4.26. The van der Waals surface area contributed by atoms with Gasteiger partial charge in [-0.1, -0.05) is 24.4 Å². The van der Waals surface area contributed by atoms with Gasteiger partial charge < -0.3 is 5.32 Å². The van der Waals surface area contributed by atoms with E-state index in [2.05, 4.69) is 11.4 Å². The monoisotopic (exact) mass is 269 g/mol. The van der Waals surface area contributed by atoms with Crippen molar-refractivity contribution in [3.63, 3.8) is 0 Å². The number of nitrogens with one attached hydrogen (secondary N) is 1. The van der Waals surface area contributed by atoms with Gasteiger partial charge in [0.1, 0.15) is 0 Å². The van der Waals surface area contributed by atoms with E-state index in [9.17, 15) is 0 Å². The van der Waals surface area contributed by atoms with Gasteiger partial charge in [-0.05, 0) is 49.7 Å². The Kier molecular flexibility index (Phi) is 3.47. The van der Waals surface area contributed by atoms with Gasteiger partial charge >= 0.3 is 0 Å². The maximum absolute atomic E-state index is 6.03. The van der Waals surface area contributed by atoms with Gasteiger partial charge in [-0.3, -0.25) is 0 Å². The minimum atomic E-state index is 0.525. The summed E-state index contributed by atoms with van der Waals surface area (Å²) in [6, 6.07) is 5.09. The van der Waals surface area contributed by atoms with E-state index in [4.69, 9.17) is 11.6 Å². The molecule has 2 fully saturated rings. The van der Waals surface area contributed by atoms with Crippen molar-refractivity contribution in [2.45, 2.75) is 51.0 Å². The average molecular weight is 270 g/mol. The van der Waals surface area contributed by atoms with Crippen molar-refractivity contribution in [2.75, 3.05) is 6.54 Å². The van der Waals surface area contributed by atoms with Crippen molar-refractivity contribution >= 4 is 22.9 Å². The normalized spacial score (nSPS) is 23.1. The molecule has 0 unspecified atom stereocenters. The summed E-state index contributed by atoms with van der Waals surface area (Å²) < 4.78 is 0.934. The number of hydrogen-bond donors (Lipinski definition) is 1. The van der Waals surface area contributed by atoms with E-state index >= 15 is 0 Å². The lowest BCUT2D eigenvalue weighted by molar-refractivity contribution is 0.278. The first kappa shape index (κ1) is 12.0. The van der Waals surface area contributed by atoms with Crippen LogP contribution >= 0.6 is 22.9 Å². The molecule has 1 N–H and O–H groups in total. The Bertz CT molecular complexity index is 377. The third-order valence-corrected chi connectivity index (χ3v) is 5.42. The van der Waals surface area contributed by atoms with E-state index in [0.29, 0.717) is 5.41 Å². The molecule has 2 aliphatic rings. The van der Waals surface area contributed by atoms with Gasteiger partial charge in [0.05, 0.1) is 4.34 Å². The Balaban J connectivity index is 1.65. The van der Waals surface area contributed by atoms with Crippen LogP contribution in [0.3, 0.4) is 0 Å². The number of halogens is 1. The van der Waals surface area contributed by atoms with Crippen molar-refractivity contribution in [2.24, 2.45) is 5.41 Å². The SMILES string of the molecule is Clc1ccc(CC2(CNC3CC3)CCCC2)s1. The van der Waals surface area contributed by atoms with Gasteiger partial charge in [-0.2, -0.15) is 0 Å². The molecule has 2 aliphatic carbocycles. The Hall–Kier alpha value is -0.0500. The van der Waals surface area contributed by atoms with E-state index in [1.54, 1.807) is 11.3 Å². The highest BCUT2D eigenvalue weighted by Gasteiger charge is 2.35. The summed E-state index contributed by atoms with van der Waals surface area (Å²) in [5.41, 5.74) is 0.525. The second-order valence-electron chi connectivity index (χ2n) is 5.74. The second kappa shape index (κ2) is 4.91. The third-order valence-electron chi connectivity index (χ3n) is 4.19. The van der Waals surface area contributed by atoms with Gasteiger partial charge in [0.25, 0.3) is 0 Å². The first-order valence-electron chi connectivity index (χ1n) is 6.73. The van der Waals surface area contributed by atoms with Gasteiger partial charge in [0, 0.05) is 17.5 Å². The van der Waals surface area contributed by atoms with Gasteiger partial charge in [-0.15, -0.1) is 11.3 Å². The standard InChI is InChI=1S/C14H20ClNS/c15-13-6-5-12(17-13)9-14(7-1-2-8-14)10-16-11-3-4-11/h5-6,11,16H,1-4,7-10H2. The molecular weight excluding hydrogens is 250 g/mol. The fourth-order valence-electron chi connectivity index (χ4n) is 3.01. The highest BCUT2D eigenvalue weighted by molar-refractivity contribution is 7.16. The smallest absolute Gasteiger partial charge is 0.0931 e. The molecule has 3 heteroatoms. The molecule has 3 rings (SSSR count). The molecule has 0 saturated heterocycles. The number of hydrogen-bond acceptors (Lipinski definition) is 2. The molecule has 1 nitrogen and oxygen atoms in total. The Morgan fingerprint density at radius 1 is 1.29 bits per heavy atom.